The van der Waals surface area contributed by atoms with Crippen molar-refractivity contribution < 1.29 is 18.0 Å². The number of nitrogens with zero attached hydrogens (tertiary/aromatic N) is 1. The molecule has 2 N–H and O–H groups in total. The summed E-state index contributed by atoms with van der Waals surface area (Å²) in [7, 11) is -3.74. The quantitative estimate of drug-likeness (QED) is 0.457. The van der Waals surface area contributed by atoms with Crippen LogP contribution in [0.1, 0.15) is 28.8 Å². The summed E-state index contributed by atoms with van der Waals surface area (Å²) < 4.78 is 27.5. The maximum absolute atomic E-state index is 13.1. The molecule has 0 aromatic heterocycles. The molecule has 0 bridgehead atoms. The molecule has 0 spiro atoms. The number of hydrogen-bond acceptors (Lipinski definition) is 4. The van der Waals surface area contributed by atoms with E-state index in [1.165, 1.54) is 28.6 Å². The number of halogens is 1. The molecule has 1 aliphatic rings. The summed E-state index contributed by atoms with van der Waals surface area (Å²) in [5, 5.41) is 6.20. The Bertz CT molecular complexity index is 1310. The van der Waals surface area contributed by atoms with E-state index < -0.39 is 15.9 Å². The molecular weight excluding hydrogens is 498 g/mol. The summed E-state index contributed by atoms with van der Waals surface area (Å²) in [5.74, 6) is -1.12. The zero-order valence-corrected chi connectivity index (χ0v) is 21.3. The fourth-order valence-electron chi connectivity index (χ4n) is 4.22. The van der Waals surface area contributed by atoms with Crippen LogP contribution in [0.4, 0.5) is 5.69 Å². The van der Waals surface area contributed by atoms with E-state index in [0.29, 0.717) is 48.6 Å². The Labute approximate surface area is 216 Å². The number of benzene rings is 3. The van der Waals surface area contributed by atoms with E-state index >= 15 is 0 Å². The second-order valence-corrected chi connectivity index (χ2v) is 11.1. The Hall–Kier alpha value is -3.20. The fourth-order valence-corrected chi connectivity index (χ4v) is 5.87. The smallest absolute Gasteiger partial charge is 0.253 e. The minimum atomic E-state index is -3.74. The van der Waals surface area contributed by atoms with Crippen LogP contribution in [-0.2, 0) is 21.2 Å². The lowest BCUT2D eigenvalue weighted by Crippen LogP contribution is -2.43. The number of sulfonamides is 1. The van der Waals surface area contributed by atoms with E-state index in [1.807, 2.05) is 30.3 Å². The number of para-hydroxylation sites is 1. The molecule has 4 rings (SSSR count). The van der Waals surface area contributed by atoms with Crippen molar-refractivity contribution in [1.29, 1.82) is 0 Å². The van der Waals surface area contributed by atoms with Gasteiger partial charge >= 0.3 is 0 Å². The number of amides is 2. The number of nitrogens with one attached hydrogen (secondary N) is 2. The topological polar surface area (TPSA) is 95.6 Å². The minimum Gasteiger partial charge on any atom is -0.352 e. The van der Waals surface area contributed by atoms with Gasteiger partial charge in [0.15, 0.2) is 0 Å². The number of piperidine rings is 1. The molecule has 0 radical (unpaired) electrons. The maximum Gasteiger partial charge on any atom is 0.253 e. The van der Waals surface area contributed by atoms with Gasteiger partial charge in [0.05, 0.1) is 22.1 Å². The van der Waals surface area contributed by atoms with Gasteiger partial charge in [-0.3, -0.25) is 9.59 Å². The minimum absolute atomic E-state index is 0.0717. The normalized spacial score (nSPS) is 16.3. The molecule has 0 aliphatic carbocycles. The summed E-state index contributed by atoms with van der Waals surface area (Å²) in [6, 6.07) is 22.7. The zero-order valence-electron chi connectivity index (χ0n) is 19.7. The van der Waals surface area contributed by atoms with Crippen LogP contribution in [0.25, 0.3) is 0 Å². The first-order valence-corrected chi connectivity index (χ1v) is 13.6. The Morgan fingerprint density at radius 3 is 2.39 bits per heavy atom. The molecule has 2 amide bonds. The summed E-state index contributed by atoms with van der Waals surface area (Å²) in [4.78, 5) is 26.1. The highest BCUT2D eigenvalue weighted by molar-refractivity contribution is 7.89. The lowest BCUT2D eigenvalue weighted by molar-refractivity contribution is -0.120. The molecule has 1 saturated heterocycles. The molecule has 7 nitrogen and oxygen atoms in total. The van der Waals surface area contributed by atoms with Gasteiger partial charge < -0.3 is 10.6 Å². The summed E-state index contributed by atoms with van der Waals surface area (Å²) in [6.45, 7) is 0.878. The average Bonchev–Trinajstić information content (AvgIpc) is 2.90. The molecule has 3 aromatic rings. The maximum atomic E-state index is 13.1. The summed E-state index contributed by atoms with van der Waals surface area (Å²) in [6.07, 6.45) is 1.82. The molecular formula is C27H28ClN3O4S. The van der Waals surface area contributed by atoms with Crippen molar-refractivity contribution in [3.8, 4) is 0 Å². The molecule has 1 aliphatic heterocycles. The van der Waals surface area contributed by atoms with Gasteiger partial charge in [-0.2, -0.15) is 4.31 Å². The standard InChI is InChI=1S/C27H28ClN3O4S/c28-22-12-14-23(15-13-22)36(34,35)31-18-6-9-21(19-31)26(32)30-25-11-5-4-10-24(25)27(33)29-17-16-20-7-2-1-3-8-20/h1-5,7-8,10-15,21H,6,9,16-19H2,(H,29,33)(H,30,32)/t21-/m0/s1. The number of anilines is 1. The Morgan fingerprint density at radius 2 is 1.64 bits per heavy atom. The van der Waals surface area contributed by atoms with Gasteiger partial charge in [0.1, 0.15) is 0 Å². The van der Waals surface area contributed by atoms with Gasteiger partial charge in [0.2, 0.25) is 15.9 Å². The van der Waals surface area contributed by atoms with Crippen molar-refractivity contribution in [2.45, 2.75) is 24.2 Å². The molecule has 1 fully saturated rings. The van der Waals surface area contributed by atoms with Gasteiger partial charge in [0.25, 0.3) is 5.91 Å². The Balaban J connectivity index is 1.39. The van der Waals surface area contributed by atoms with Gasteiger partial charge in [0, 0.05) is 24.7 Å². The van der Waals surface area contributed by atoms with Crippen molar-refractivity contribution in [3.63, 3.8) is 0 Å². The predicted molar refractivity (Wildman–Crippen MR) is 140 cm³/mol. The predicted octanol–water partition coefficient (Wildman–Crippen LogP) is 4.35. The highest BCUT2D eigenvalue weighted by Gasteiger charge is 2.33. The first-order chi connectivity index (χ1) is 17.3. The van der Waals surface area contributed by atoms with Crippen molar-refractivity contribution in [3.05, 3.63) is 95.0 Å². The van der Waals surface area contributed by atoms with Crippen molar-refractivity contribution in [2.24, 2.45) is 5.92 Å². The molecule has 9 heteroatoms. The first kappa shape index (κ1) is 25.9. The van der Waals surface area contributed by atoms with Crippen LogP contribution in [0.5, 0.6) is 0 Å². The van der Waals surface area contributed by atoms with Crippen LogP contribution in [0.2, 0.25) is 5.02 Å². The van der Waals surface area contributed by atoms with Crippen LogP contribution in [-0.4, -0.2) is 44.2 Å². The largest absolute Gasteiger partial charge is 0.352 e. The number of rotatable bonds is 8. The van der Waals surface area contributed by atoms with Gasteiger partial charge in [-0.25, -0.2) is 8.42 Å². The number of hydrogen-bond donors (Lipinski definition) is 2. The van der Waals surface area contributed by atoms with Gasteiger partial charge in [-0.05, 0) is 61.2 Å². The Kier molecular flexibility index (Phi) is 8.40. The number of carbonyl (C=O) groups excluding carboxylic acids is 2. The second kappa shape index (κ2) is 11.7. The summed E-state index contributed by atoms with van der Waals surface area (Å²) >= 11 is 5.89. The zero-order chi connectivity index (χ0) is 25.5. The van der Waals surface area contributed by atoms with Crippen LogP contribution < -0.4 is 10.6 Å². The molecule has 1 atom stereocenters. The van der Waals surface area contributed by atoms with Gasteiger partial charge in [-0.15, -0.1) is 0 Å². The summed E-state index contributed by atoms with van der Waals surface area (Å²) in [5.41, 5.74) is 1.88. The van der Waals surface area contributed by atoms with Crippen molar-refractivity contribution >= 4 is 39.1 Å². The highest BCUT2D eigenvalue weighted by Crippen LogP contribution is 2.26. The molecule has 188 valence electrons. The Morgan fingerprint density at radius 1 is 0.944 bits per heavy atom. The third-order valence-corrected chi connectivity index (χ3v) is 8.31. The lowest BCUT2D eigenvalue weighted by atomic mass is 9.98. The van der Waals surface area contributed by atoms with Crippen LogP contribution in [0.3, 0.4) is 0 Å². The van der Waals surface area contributed by atoms with E-state index in [1.54, 1.807) is 24.3 Å². The van der Waals surface area contributed by atoms with Crippen molar-refractivity contribution in [2.75, 3.05) is 25.0 Å². The molecule has 0 unspecified atom stereocenters. The van der Waals surface area contributed by atoms with Gasteiger partial charge in [-0.1, -0.05) is 54.1 Å². The molecule has 36 heavy (non-hydrogen) atoms. The molecule has 1 heterocycles. The second-order valence-electron chi connectivity index (χ2n) is 8.68. The van der Waals surface area contributed by atoms with E-state index in [0.717, 1.165) is 5.56 Å². The number of carbonyl (C=O) groups is 2. The van der Waals surface area contributed by atoms with E-state index in [9.17, 15) is 18.0 Å². The van der Waals surface area contributed by atoms with Crippen LogP contribution in [0, 0.1) is 5.92 Å². The van der Waals surface area contributed by atoms with Crippen LogP contribution >= 0.6 is 11.6 Å². The SMILES string of the molecule is O=C(NCCc1ccccc1)c1ccccc1NC(=O)[C@H]1CCCN(S(=O)(=O)c2ccc(Cl)cc2)C1. The van der Waals surface area contributed by atoms with Crippen molar-refractivity contribution in [1.82, 2.24) is 9.62 Å². The van der Waals surface area contributed by atoms with E-state index in [4.69, 9.17) is 11.6 Å². The third-order valence-electron chi connectivity index (χ3n) is 6.18. The lowest BCUT2D eigenvalue weighted by Gasteiger charge is -2.31. The first-order valence-electron chi connectivity index (χ1n) is 11.8. The van der Waals surface area contributed by atoms with E-state index in [2.05, 4.69) is 10.6 Å². The third kappa shape index (κ3) is 6.32. The fraction of sp³-hybridized carbons (Fsp3) is 0.259. The van der Waals surface area contributed by atoms with E-state index in [-0.39, 0.29) is 23.3 Å². The average molecular weight is 526 g/mol. The molecule has 0 saturated carbocycles. The monoisotopic (exact) mass is 525 g/mol. The van der Waals surface area contributed by atoms with Crippen LogP contribution in [0.15, 0.2) is 83.8 Å². The highest BCUT2D eigenvalue weighted by atomic mass is 35.5. The molecule has 3 aromatic carbocycles.